The second kappa shape index (κ2) is 5.29. The summed E-state index contributed by atoms with van der Waals surface area (Å²) in [5, 5.41) is 1.23. The van der Waals surface area contributed by atoms with Crippen LogP contribution in [0, 0.1) is 0 Å². The van der Waals surface area contributed by atoms with Crippen molar-refractivity contribution < 1.29 is 27.6 Å². The van der Waals surface area contributed by atoms with E-state index in [2.05, 4.69) is 0 Å². The number of nitrogens with zero attached hydrogens (tertiary/aromatic N) is 2. The van der Waals surface area contributed by atoms with Crippen LogP contribution < -0.4 is 0 Å². The molecule has 0 aromatic heterocycles. The highest BCUT2D eigenvalue weighted by molar-refractivity contribution is 7.97. The first-order chi connectivity index (χ1) is 9.80. The predicted octanol–water partition coefficient (Wildman–Crippen LogP) is -0.806. The van der Waals surface area contributed by atoms with Crippen LogP contribution in [0.15, 0.2) is 47.5 Å². The molecule has 0 bridgehead atoms. The smallest absolute Gasteiger partial charge is 0.257 e. The first-order valence-corrected chi connectivity index (χ1v) is 7.13. The van der Waals surface area contributed by atoms with Gasteiger partial charge in [0.25, 0.3) is 23.6 Å². The van der Waals surface area contributed by atoms with Gasteiger partial charge in [-0.05, 0) is 0 Å². The van der Waals surface area contributed by atoms with Crippen LogP contribution in [0.4, 0.5) is 0 Å². The third-order valence-electron chi connectivity index (χ3n) is 2.49. The molecule has 4 amide bonds. The molecule has 21 heavy (non-hydrogen) atoms. The highest BCUT2D eigenvalue weighted by Gasteiger charge is 2.22. The van der Waals surface area contributed by atoms with Gasteiger partial charge >= 0.3 is 0 Å². The Bertz CT molecular complexity index is 663. The minimum atomic E-state index is -3.96. The molecule has 0 spiro atoms. The molecule has 0 saturated carbocycles. The number of rotatable bonds is 4. The van der Waals surface area contributed by atoms with Gasteiger partial charge < -0.3 is 0 Å². The summed E-state index contributed by atoms with van der Waals surface area (Å²) in [5.74, 6) is -2.65. The van der Waals surface area contributed by atoms with Gasteiger partial charge in [-0.15, -0.1) is 0 Å². The summed E-state index contributed by atoms with van der Waals surface area (Å²) in [5.41, 5.74) is 0. The summed E-state index contributed by atoms with van der Waals surface area (Å²) in [6, 6.07) is 0. The van der Waals surface area contributed by atoms with Gasteiger partial charge in [-0.25, -0.2) is 18.2 Å². The molecular weight excluding hydrogens is 300 g/mol. The van der Waals surface area contributed by atoms with Crippen molar-refractivity contribution in [2.75, 3.05) is 0 Å². The Kier molecular flexibility index (Phi) is 3.68. The standard InChI is InChI=1S/C12H8N2O6S/c15-9-1-2-10(16)13(9)5-7-21(19,20)8-6-14-11(17)3-4-12(14)18/h1-8H. The highest BCUT2D eigenvalue weighted by atomic mass is 32.2. The molecule has 0 N–H and O–H groups in total. The van der Waals surface area contributed by atoms with Gasteiger partial charge in [0.05, 0.1) is 10.8 Å². The van der Waals surface area contributed by atoms with E-state index in [4.69, 9.17) is 0 Å². The fourth-order valence-corrected chi connectivity index (χ4v) is 2.13. The molecule has 9 heteroatoms. The fraction of sp³-hybridized carbons (Fsp3) is 0. The monoisotopic (exact) mass is 308 g/mol. The topological polar surface area (TPSA) is 109 Å². The minimum Gasteiger partial charge on any atom is -0.269 e. The zero-order chi connectivity index (χ0) is 15.6. The van der Waals surface area contributed by atoms with Crippen LogP contribution >= 0.6 is 0 Å². The van der Waals surface area contributed by atoms with Crippen molar-refractivity contribution >= 4 is 33.5 Å². The largest absolute Gasteiger partial charge is 0.269 e. The summed E-state index contributed by atoms with van der Waals surface area (Å²) in [6.45, 7) is 0. The first kappa shape index (κ1) is 14.6. The van der Waals surface area contributed by atoms with E-state index in [1.807, 2.05) is 0 Å². The van der Waals surface area contributed by atoms with E-state index in [1.54, 1.807) is 0 Å². The summed E-state index contributed by atoms with van der Waals surface area (Å²) in [7, 11) is -3.96. The lowest BCUT2D eigenvalue weighted by atomic mass is 10.6. The lowest BCUT2D eigenvalue weighted by Gasteiger charge is -2.07. The Morgan fingerprint density at radius 1 is 0.667 bits per heavy atom. The lowest BCUT2D eigenvalue weighted by Crippen LogP contribution is -2.24. The molecule has 8 nitrogen and oxygen atoms in total. The average Bonchev–Trinajstić information content (AvgIpc) is 2.89. The summed E-state index contributed by atoms with van der Waals surface area (Å²) in [6.07, 6.45) is 5.61. The van der Waals surface area contributed by atoms with E-state index < -0.39 is 33.5 Å². The van der Waals surface area contributed by atoms with E-state index >= 15 is 0 Å². The van der Waals surface area contributed by atoms with Gasteiger partial charge in [-0.1, -0.05) is 0 Å². The quantitative estimate of drug-likeness (QED) is 0.629. The van der Waals surface area contributed by atoms with Crippen LogP contribution in [0.2, 0.25) is 0 Å². The predicted molar refractivity (Wildman–Crippen MR) is 69.2 cm³/mol. The molecule has 0 aromatic rings. The number of hydrogen-bond donors (Lipinski definition) is 0. The second-order valence-corrected chi connectivity index (χ2v) is 5.64. The minimum absolute atomic E-state index is 0.610. The van der Waals surface area contributed by atoms with Crippen molar-refractivity contribution in [3.05, 3.63) is 47.5 Å². The maximum Gasteiger partial charge on any atom is 0.257 e. The van der Waals surface area contributed by atoms with Crippen molar-refractivity contribution in [1.82, 2.24) is 9.80 Å². The van der Waals surface area contributed by atoms with Crippen molar-refractivity contribution in [2.24, 2.45) is 0 Å². The first-order valence-electron chi connectivity index (χ1n) is 5.52. The number of sulfone groups is 1. The fourth-order valence-electron chi connectivity index (χ4n) is 1.45. The highest BCUT2D eigenvalue weighted by Crippen LogP contribution is 2.08. The van der Waals surface area contributed by atoms with Crippen LogP contribution in [-0.4, -0.2) is 41.8 Å². The maximum atomic E-state index is 11.7. The van der Waals surface area contributed by atoms with Crippen molar-refractivity contribution in [2.45, 2.75) is 0 Å². The number of hydrogen-bond acceptors (Lipinski definition) is 6. The Hall–Kier alpha value is -2.81. The molecular formula is C12H8N2O6S. The lowest BCUT2D eigenvalue weighted by molar-refractivity contribution is -0.135. The summed E-state index contributed by atoms with van der Waals surface area (Å²) >= 11 is 0. The number of amides is 4. The number of carbonyl (C=O) groups excluding carboxylic acids is 4. The number of carbonyl (C=O) groups is 4. The molecule has 0 aromatic carbocycles. The molecule has 0 unspecified atom stereocenters. The molecule has 2 aliphatic rings. The third-order valence-corrected chi connectivity index (χ3v) is 3.49. The van der Waals surface area contributed by atoms with Crippen LogP contribution in [0.5, 0.6) is 0 Å². The molecule has 2 aliphatic heterocycles. The molecule has 108 valence electrons. The van der Waals surface area contributed by atoms with Gasteiger partial charge in [0.15, 0.2) is 9.84 Å². The van der Waals surface area contributed by atoms with Gasteiger partial charge in [0.1, 0.15) is 0 Å². The van der Waals surface area contributed by atoms with Crippen molar-refractivity contribution in [3.8, 4) is 0 Å². The zero-order valence-corrected chi connectivity index (χ0v) is 11.2. The molecule has 0 saturated heterocycles. The van der Waals surface area contributed by atoms with Gasteiger partial charge in [0, 0.05) is 36.7 Å². The summed E-state index contributed by atoms with van der Waals surface area (Å²) in [4.78, 5) is 46.0. The molecule has 0 fully saturated rings. The van der Waals surface area contributed by atoms with E-state index in [0.29, 0.717) is 20.6 Å². The summed E-state index contributed by atoms with van der Waals surface area (Å²) < 4.78 is 23.3. The third kappa shape index (κ3) is 3.20. The van der Waals surface area contributed by atoms with Gasteiger partial charge in [0.2, 0.25) is 0 Å². The van der Waals surface area contributed by atoms with E-state index in [1.165, 1.54) is 0 Å². The van der Waals surface area contributed by atoms with Crippen LogP contribution in [-0.2, 0) is 29.0 Å². The van der Waals surface area contributed by atoms with Crippen LogP contribution in [0.25, 0.3) is 0 Å². The molecule has 0 atom stereocenters. The Morgan fingerprint density at radius 2 is 0.952 bits per heavy atom. The number of imide groups is 2. The normalized spacial score (nSPS) is 19.2. The van der Waals surface area contributed by atoms with Crippen LogP contribution in [0.3, 0.4) is 0 Å². The van der Waals surface area contributed by atoms with Crippen LogP contribution in [0.1, 0.15) is 0 Å². The molecule has 2 rings (SSSR count). The Morgan fingerprint density at radius 3 is 1.24 bits per heavy atom. The molecule has 0 aliphatic carbocycles. The van der Waals surface area contributed by atoms with Gasteiger partial charge in [-0.2, -0.15) is 0 Å². The maximum absolute atomic E-state index is 11.7. The molecule has 0 radical (unpaired) electrons. The second-order valence-electron chi connectivity index (χ2n) is 3.92. The van der Waals surface area contributed by atoms with Gasteiger partial charge in [-0.3, -0.25) is 19.2 Å². The molecule has 2 heterocycles. The van der Waals surface area contributed by atoms with Crippen molar-refractivity contribution in [3.63, 3.8) is 0 Å². The Labute approximate surface area is 119 Å². The van der Waals surface area contributed by atoms with E-state index in [9.17, 15) is 27.6 Å². The van der Waals surface area contributed by atoms with E-state index in [0.717, 1.165) is 36.7 Å². The van der Waals surface area contributed by atoms with Crippen molar-refractivity contribution in [1.29, 1.82) is 0 Å². The Balaban J connectivity index is 2.09. The SMILES string of the molecule is O=C1C=CC(=O)N1C=CS(=O)(=O)C=CN1C(=O)C=CC1=O. The average molecular weight is 308 g/mol. The zero-order valence-electron chi connectivity index (χ0n) is 10.4. The van der Waals surface area contributed by atoms with E-state index in [-0.39, 0.29) is 0 Å².